The van der Waals surface area contributed by atoms with Gasteiger partial charge < -0.3 is 19.6 Å². The molecule has 0 spiro atoms. The highest BCUT2D eigenvalue weighted by Gasteiger charge is 2.43. The molecule has 1 atom stereocenters. The minimum Gasteiger partial charge on any atom is -0.503 e. The Morgan fingerprint density at radius 2 is 1.85 bits per heavy atom. The summed E-state index contributed by atoms with van der Waals surface area (Å²) >= 11 is 0. The maximum atomic E-state index is 13.3. The van der Waals surface area contributed by atoms with Gasteiger partial charge in [0.2, 0.25) is 0 Å². The summed E-state index contributed by atoms with van der Waals surface area (Å²) in [6.07, 6.45) is 1.51. The monoisotopic (exact) mass is 464 g/mol. The van der Waals surface area contributed by atoms with E-state index < -0.39 is 17.7 Å². The molecule has 3 rings (SSSR count). The molecule has 6 heteroatoms. The highest BCUT2D eigenvalue weighted by molar-refractivity contribution is 6.09. The molecular weight excluding hydrogens is 428 g/mol. The molecule has 0 radical (unpaired) electrons. The first-order chi connectivity index (χ1) is 16.3. The summed E-state index contributed by atoms with van der Waals surface area (Å²) in [6.45, 7) is 5.97. The number of hydrogen-bond donors (Lipinski definition) is 1. The van der Waals surface area contributed by atoms with Crippen LogP contribution in [0.1, 0.15) is 43.9 Å². The van der Waals surface area contributed by atoms with Crippen molar-refractivity contribution in [1.82, 2.24) is 9.80 Å². The van der Waals surface area contributed by atoms with Gasteiger partial charge in [-0.3, -0.25) is 9.59 Å². The number of aliphatic hydroxyl groups excluding tert-OH is 1. The predicted octanol–water partition coefficient (Wildman–Crippen LogP) is 4.57. The molecule has 6 nitrogen and oxygen atoms in total. The normalized spacial score (nSPS) is 16.1. The number of amides is 1. The Kier molecular flexibility index (Phi) is 8.88. The first-order valence-corrected chi connectivity index (χ1v) is 12.0. The predicted molar refractivity (Wildman–Crippen MR) is 134 cm³/mol. The summed E-state index contributed by atoms with van der Waals surface area (Å²) in [6, 6.07) is 16.6. The van der Waals surface area contributed by atoms with Gasteiger partial charge in [0.15, 0.2) is 11.5 Å². The molecule has 34 heavy (non-hydrogen) atoms. The van der Waals surface area contributed by atoms with Gasteiger partial charge in [-0.15, -0.1) is 0 Å². The van der Waals surface area contributed by atoms with Crippen LogP contribution in [-0.2, 0) is 16.0 Å². The molecule has 1 N–H and O–H groups in total. The molecular formula is C28H36N2O4. The van der Waals surface area contributed by atoms with Gasteiger partial charge in [0.1, 0.15) is 5.75 Å². The fraction of sp³-hybridized carbons (Fsp3) is 0.429. The smallest absolute Gasteiger partial charge is 0.290 e. The second kappa shape index (κ2) is 11.8. The van der Waals surface area contributed by atoms with Crippen LogP contribution >= 0.6 is 0 Å². The molecule has 1 amide bonds. The van der Waals surface area contributed by atoms with E-state index in [4.69, 9.17) is 4.74 Å². The van der Waals surface area contributed by atoms with E-state index in [0.29, 0.717) is 31.2 Å². The van der Waals surface area contributed by atoms with E-state index in [1.807, 2.05) is 68.7 Å². The number of benzene rings is 2. The van der Waals surface area contributed by atoms with Crippen LogP contribution in [0.2, 0.25) is 0 Å². The number of hydrogen-bond acceptors (Lipinski definition) is 5. The third kappa shape index (κ3) is 6.48. The summed E-state index contributed by atoms with van der Waals surface area (Å²) in [5, 5.41) is 10.8. The van der Waals surface area contributed by atoms with Crippen molar-refractivity contribution in [3.05, 3.63) is 77.1 Å². The van der Waals surface area contributed by atoms with Crippen LogP contribution in [0.25, 0.3) is 0 Å². The minimum atomic E-state index is -0.625. The van der Waals surface area contributed by atoms with E-state index in [1.165, 1.54) is 0 Å². The Labute approximate surface area is 202 Å². The van der Waals surface area contributed by atoms with Crippen molar-refractivity contribution in [2.75, 3.05) is 33.8 Å². The zero-order chi connectivity index (χ0) is 24.7. The van der Waals surface area contributed by atoms with Crippen LogP contribution in [0.4, 0.5) is 0 Å². The van der Waals surface area contributed by atoms with Gasteiger partial charge in [0, 0.05) is 13.0 Å². The third-order valence-corrected chi connectivity index (χ3v) is 5.85. The van der Waals surface area contributed by atoms with Gasteiger partial charge in [-0.25, -0.2) is 0 Å². The van der Waals surface area contributed by atoms with Crippen molar-refractivity contribution in [1.29, 1.82) is 0 Å². The number of ketones is 1. The van der Waals surface area contributed by atoms with E-state index >= 15 is 0 Å². The lowest BCUT2D eigenvalue weighted by Crippen LogP contribution is -2.33. The van der Waals surface area contributed by atoms with Gasteiger partial charge in [0.25, 0.3) is 5.91 Å². The Hall–Kier alpha value is -3.12. The lowest BCUT2D eigenvalue weighted by molar-refractivity contribution is -0.129. The third-order valence-electron chi connectivity index (χ3n) is 5.85. The van der Waals surface area contributed by atoms with Crippen molar-refractivity contribution >= 4 is 11.7 Å². The number of aliphatic hydroxyl groups is 1. The standard InChI is InChI=1S/C28H36N2O4/c1-20(2)19-34-23-13-8-12-22(18-23)26-25(24(31)15-14-21-10-6-5-7-11-21)27(32)28(33)30(26)17-9-16-29(3)4/h5-8,10-13,18,20,26,32H,9,14-17,19H2,1-4H3. The molecule has 2 aromatic carbocycles. The highest BCUT2D eigenvalue weighted by atomic mass is 16.5. The Morgan fingerprint density at radius 1 is 1.12 bits per heavy atom. The maximum Gasteiger partial charge on any atom is 0.290 e. The van der Waals surface area contributed by atoms with Crippen LogP contribution in [-0.4, -0.2) is 60.4 Å². The van der Waals surface area contributed by atoms with Crippen molar-refractivity contribution in [3.63, 3.8) is 0 Å². The van der Waals surface area contributed by atoms with Crippen molar-refractivity contribution in [3.8, 4) is 5.75 Å². The highest BCUT2D eigenvalue weighted by Crippen LogP contribution is 2.39. The molecule has 2 aromatic rings. The SMILES string of the molecule is CC(C)COc1cccc(C2C(C(=O)CCc3ccccc3)=C(O)C(=O)N2CCCN(C)C)c1. The summed E-state index contributed by atoms with van der Waals surface area (Å²) in [5.74, 6) is -0.0577. The second-order valence-electron chi connectivity index (χ2n) is 9.51. The molecule has 1 aliphatic rings. The van der Waals surface area contributed by atoms with E-state index in [-0.39, 0.29) is 17.8 Å². The maximum absolute atomic E-state index is 13.3. The molecule has 0 bridgehead atoms. The number of nitrogens with zero attached hydrogens (tertiary/aromatic N) is 2. The zero-order valence-electron chi connectivity index (χ0n) is 20.7. The minimum absolute atomic E-state index is 0.187. The zero-order valence-corrected chi connectivity index (χ0v) is 20.7. The van der Waals surface area contributed by atoms with Gasteiger partial charge >= 0.3 is 0 Å². The number of aryl methyl sites for hydroxylation is 1. The largest absolute Gasteiger partial charge is 0.503 e. The molecule has 0 aliphatic carbocycles. The Morgan fingerprint density at radius 3 is 2.53 bits per heavy atom. The number of Topliss-reactive ketones (excluding diaryl/α,β-unsaturated/α-hetero) is 1. The lowest BCUT2D eigenvalue weighted by atomic mass is 9.93. The summed E-state index contributed by atoms with van der Waals surface area (Å²) in [7, 11) is 3.96. The van der Waals surface area contributed by atoms with Crippen LogP contribution in [0.5, 0.6) is 5.75 Å². The van der Waals surface area contributed by atoms with E-state index in [9.17, 15) is 14.7 Å². The molecule has 182 valence electrons. The topological polar surface area (TPSA) is 70.1 Å². The number of rotatable bonds is 12. The molecule has 0 saturated heterocycles. The first kappa shape index (κ1) is 25.5. The number of carbonyl (C=O) groups excluding carboxylic acids is 2. The van der Waals surface area contributed by atoms with Crippen LogP contribution < -0.4 is 4.74 Å². The number of ether oxygens (including phenoxy) is 1. The molecule has 1 unspecified atom stereocenters. The van der Waals surface area contributed by atoms with Crippen LogP contribution in [0.3, 0.4) is 0 Å². The van der Waals surface area contributed by atoms with Gasteiger partial charge in [-0.1, -0.05) is 56.3 Å². The van der Waals surface area contributed by atoms with E-state index in [1.54, 1.807) is 4.90 Å². The molecule has 0 fully saturated rings. The average molecular weight is 465 g/mol. The van der Waals surface area contributed by atoms with Crippen molar-refractivity contribution in [2.45, 2.75) is 39.2 Å². The van der Waals surface area contributed by atoms with Crippen LogP contribution in [0.15, 0.2) is 65.9 Å². The quantitative estimate of drug-likeness (QED) is 0.498. The van der Waals surface area contributed by atoms with Crippen molar-refractivity contribution in [2.24, 2.45) is 5.92 Å². The van der Waals surface area contributed by atoms with Gasteiger partial charge in [0.05, 0.1) is 18.2 Å². The average Bonchev–Trinajstić information content (AvgIpc) is 3.07. The van der Waals surface area contributed by atoms with E-state index in [0.717, 1.165) is 24.1 Å². The summed E-state index contributed by atoms with van der Waals surface area (Å²) in [4.78, 5) is 30.1. The summed E-state index contributed by atoms with van der Waals surface area (Å²) < 4.78 is 5.90. The van der Waals surface area contributed by atoms with Gasteiger partial charge in [-0.2, -0.15) is 0 Å². The van der Waals surface area contributed by atoms with Crippen LogP contribution in [0, 0.1) is 5.92 Å². The summed E-state index contributed by atoms with van der Waals surface area (Å²) in [5.41, 5.74) is 2.00. The molecule has 1 aliphatic heterocycles. The second-order valence-corrected chi connectivity index (χ2v) is 9.51. The van der Waals surface area contributed by atoms with Gasteiger partial charge in [-0.05, 0) is 62.7 Å². The fourth-order valence-electron chi connectivity index (χ4n) is 4.15. The molecule has 0 aromatic heterocycles. The molecule has 1 heterocycles. The Balaban J connectivity index is 1.89. The fourth-order valence-corrected chi connectivity index (χ4v) is 4.15. The van der Waals surface area contributed by atoms with Crippen molar-refractivity contribution < 1.29 is 19.4 Å². The first-order valence-electron chi connectivity index (χ1n) is 12.0. The number of carbonyl (C=O) groups is 2. The van der Waals surface area contributed by atoms with E-state index in [2.05, 4.69) is 18.7 Å². The molecule has 0 saturated carbocycles. The lowest BCUT2D eigenvalue weighted by Gasteiger charge is -2.27. The Bertz CT molecular complexity index is 1010.